The monoisotopic (exact) mass is 168 g/mol. The smallest absolute Gasteiger partial charge is 0.00461 e. The van der Waals surface area contributed by atoms with Crippen LogP contribution in [0.25, 0.3) is 0 Å². The van der Waals surface area contributed by atoms with Gasteiger partial charge in [-0.15, -0.1) is 0 Å². The van der Waals surface area contributed by atoms with Crippen molar-refractivity contribution in [2.45, 2.75) is 25.7 Å². The predicted molar refractivity (Wildman–Crippen MR) is 50.5 cm³/mol. The summed E-state index contributed by atoms with van der Waals surface area (Å²) in [5.74, 6) is 3.73. The molecule has 2 saturated carbocycles. The van der Waals surface area contributed by atoms with Gasteiger partial charge in [-0.25, -0.2) is 0 Å². The molecule has 4 N–H and O–H groups in total. The lowest BCUT2D eigenvalue weighted by Crippen LogP contribution is -2.25. The molecule has 2 aliphatic carbocycles. The highest BCUT2D eigenvalue weighted by atomic mass is 14.6. The molecule has 0 heterocycles. The fourth-order valence-electron chi connectivity index (χ4n) is 3.37. The SMILES string of the molecule is NCCC1C[C@@H]2CC1CC2CN. The molecule has 0 aromatic heterocycles. The molecule has 2 bridgehead atoms. The summed E-state index contributed by atoms with van der Waals surface area (Å²) in [6, 6.07) is 0. The van der Waals surface area contributed by atoms with Crippen LogP contribution in [0.4, 0.5) is 0 Å². The molecule has 2 nitrogen and oxygen atoms in total. The Morgan fingerprint density at radius 3 is 2.08 bits per heavy atom. The van der Waals surface area contributed by atoms with Crippen molar-refractivity contribution in [3.05, 3.63) is 0 Å². The van der Waals surface area contributed by atoms with Gasteiger partial charge in [-0.2, -0.15) is 0 Å². The van der Waals surface area contributed by atoms with Gasteiger partial charge in [0.2, 0.25) is 0 Å². The highest BCUT2D eigenvalue weighted by molar-refractivity contribution is 4.95. The number of rotatable bonds is 3. The molecule has 2 rings (SSSR count). The van der Waals surface area contributed by atoms with Gasteiger partial charge in [0.15, 0.2) is 0 Å². The lowest BCUT2D eigenvalue weighted by molar-refractivity contribution is 0.253. The van der Waals surface area contributed by atoms with Gasteiger partial charge in [0.05, 0.1) is 0 Å². The van der Waals surface area contributed by atoms with E-state index < -0.39 is 0 Å². The second-order valence-electron chi connectivity index (χ2n) is 4.56. The van der Waals surface area contributed by atoms with Crippen molar-refractivity contribution >= 4 is 0 Å². The van der Waals surface area contributed by atoms with Gasteiger partial charge in [-0.05, 0) is 62.4 Å². The van der Waals surface area contributed by atoms with Crippen LogP contribution in [0.5, 0.6) is 0 Å². The molecule has 0 radical (unpaired) electrons. The zero-order chi connectivity index (χ0) is 8.55. The maximum absolute atomic E-state index is 5.72. The van der Waals surface area contributed by atoms with E-state index in [1.165, 1.54) is 25.7 Å². The molecular weight excluding hydrogens is 148 g/mol. The summed E-state index contributed by atoms with van der Waals surface area (Å²) in [5.41, 5.74) is 11.3. The van der Waals surface area contributed by atoms with Crippen molar-refractivity contribution in [3.63, 3.8) is 0 Å². The Morgan fingerprint density at radius 1 is 0.917 bits per heavy atom. The van der Waals surface area contributed by atoms with Crippen LogP contribution in [0.2, 0.25) is 0 Å². The highest BCUT2D eigenvalue weighted by Gasteiger charge is 2.44. The van der Waals surface area contributed by atoms with E-state index in [-0.39, 0.29) is 0 Å². The maximum atomic E-state index is 5.72. The van der Waals surface area contributed by atoms with Crippen molar-refractivity contribution in [1.82, 2.24) is 0 Å². The highest BCUT2D eigenvalue weighted by Crippen LogP contribution is 2.52. The van der Waals surface area contributed by atoms with Crippen LogP contribution >= 0.6 is 0 Å². The topological polar surface area (TPSA) is 52.0 Å². The number of hydrogen-bond donors (Lipinski definition) is 2. The molecule has 0 aromatic rings. The molecular formula is C10H20N2. The largest absolute Gasteiger partial charge is 0.330 e. The molecule has 12 heavy (non-hydrogen) atoms. The molecule has 0 aliphatic heterocycles. The second-order valence-corrected chi connectivity index (χ2v) is 4.56. The fourth-order valence-corrected chi connectivity index (χ4v) is 3.37. The molecule has 2 heteroatoms. The van der Waals surface area contributed by atoms with Crippen molar-refractivity contribution in [2.24, 2.45) is 35.1 Å². The second kappa shape index (κ2) is 3.35. The van der Waals surface area contributed by atoms with Gasteiger partial charge < -0.3 is 11.5 Å². The molecule has 2 aliphatic rings. The average molecular weight is 168 g/mol. The van der Waals surface area contributed by atoms with E-state index in [9.17, 15) is 0 Å². The first-order valence-corrected chi connectivity index (χ1v) is 5.25. The van der Waals surface area contributed by atoms with Crippen LogP contribution in [-0.4, -0.2) is 13.1 Å². The molecule has 0 amide bonds. The zero-order valence-electron chi connectivity index (χ0n) is 7.71. The third-order valence-corrected chi connectivity index (χ3v) is 3.99. The molecule has 2 fully saturated rings. The average Bonchev–Trinajstić information content (AvgIpc) is 2.62. The summed E-state index contributed by atoms with van der Waals surface area (Å²) in [5, 5.41) is 0. The Kier molecular flexibility index (Phi) is 2.37. The number of fused-ring (bicyclic) bond motifs is 2. The maximum Gasteiger partial charge on any atom is -0.00461 e. The third kappa shape index (κ3) is 1.27. The minimum atomic E-state index is 0.851. The molecule has 4 atom stereocenters. The van der Waals surface area contributed by atoms with Gasteiger partial charge >= 0.3 is 0 Å². The van der Waals surface area contributed by atoms with Crippen LogP contribution in [0.1, 0.15) is 25.7 Å². The van der Waals surface area contributed by atoms with E-state index in [0.29, 0.717) is 0 Å². The Hall–Kier alpha value is -0.0800. The summed E-state index contributed by atoms with van der Waals surface area (Å²) in [4.78, 5) is 0. The summed E-state index contributed by atoms with van der Waals surface area (Å²) in [7, 11) is 0. The van der Waals surface area contributed by atoms with Gasteiger partial charge in [-0.1, -0.05) is 0 Å². The Labute approximate surface area is 74.7 Å². The van der Waals surface area contributed by atoms with E-state index in [0.717, 1.165) is 36.8 Å². The van der Waals surface area contributed by atoms with Crippen molar-refractivity contribution in [2.75, 3.05) is 13.1 Å². The molecule has 0 aromatic carbocycles. The Balaban J connectivity index is 1.89. The molecule has 0 saturated heterocycles. The van der Waals surface area contributed by atoms with E-state index in [1.807, 2.05) is 0 Å². The first-order valence-electron chi connectivity index (χ1n) is 5.25. The van der Waals surface area contributed by atoms with Gasteiger partial charge in [0.25, 0.3) is 0 Å². The van der Waals surface area contributed by atoms with Gasteiger partial charge in [-0.3, -0.25) is 0 Å². The van der Waals surface area contributed by atoms with E-state index in [4.69, 9.17) is 11.5 Å². The van der Waals surface area contributed by atoms with Crippen molar-refractivity contribution in [3.8, 4) is 0 Å². The summed E-state index contributed by atoms with van der Waals surface area (Å²) >= 11 is 0. The minimum Gasteiger partial charge on any atom is -0.330 e. The first-order chi connectivity index (χ1) is 5.85. The van der Waals surface area contributed by atoms with Gasteiger partial charge in [0, 0.05) is 0 Å². The first kappa shape index (κ1) is 8.52. The van der Waals surface area contributed by atoms with Crippen molar-refractivity contribution < 1.29 is 0 Å². The molecule has 0 spiro atoms. The molecule has 3 unspecified atom stereocenters. The van der Waals surface area contributed by atoms with Crippen LogP contribution in [0, 0.1) is 23.7 Å². The van der Waals surface area contributed by atoms with Crippen LogP contribution in [0.3, 0.4) is 0 Å². The summed E-state index contributed by atoms with van der Waals surface area (Å²) in [6.07, 6.45) is 5.51. The quantitative estimate of drug-likeness (QED) is 0.659. The molecule has 70 valence electrons. The minimum absolute atomic E-state index is 0.851. The Morgan fingerprint density at radius 2 is 1.58 bits per heavy atom. The summed E-state index contributed by atoms with van der Waals surface area (Å²) < 4.78 is 0. The normalized spacial score (nSPS) is 45.5. The standard InChI is InChI=1S/C10H20N2/c11-2-1-7-3-9-4-8(7)5-10(9)6-12/h7-10H,1-6,11-12H2/t7?,8?,9-,10?/m1/s1. The van der Waals surface area contributed by atoms with E-state index in [1.54, 1.807) is 0 Å². The lowest BCUT2D eigenvalue weighted by Gasteiger charge is -2.26. The lowest BCUT2D eigenvalue weighted by atomic mass is 9.81. The Bertz CT molecular complexity index is 158. The van der Waals surface area contributed by atoms with Crippen molar-refractivity contribution in [1.29, 1.82) is 0 Å². The van der Waals surface area contributed by atoms with Crippen LogP contribution in [-0.2, 0) is 0 Å². The van der Waals surface area contributed by atoms with Crippen LogP contribution in [0.15, 0.2) is 0 Å². The fraction of sp³-hybridized carbons (Fsp3) is 1.00. The van der Waals surface area contributed by atoms with E-state index >= 15 is 0 Å². The third-order valence-electron chi connectivity index (χ3n) is 3.99. The number of nitrogens with two attached hydrogens (primary N) is 2. The number of hydrogen-bond acceptors (Lipinski definition) is 2. The predicted octanol–water partition coefficient (Wildman–Crippen LogP) is 0.956. The summed E-state index contributed by atoms with van der Waals surface area (Å²) in [6.45, 7) is 1.79. The zero-order valence-corrected chi connectivity index (χ0v) is 7.71. The van der Waals surface area contributed by atoms with Gasteiger partial charge in [0.1, 0.15) is 0 Å². The van der Waals surface area contributed by atoms with E-state index in [2.05, 4.69) is 0 Å². The van der Waals surface area contributed by atoms with Crippen LogP contribution < -0.4 is 11.5 Å².